The number of halogens is 1. The lowest BCUT2D eigenvalue weighted by atomic mass is 9.88. The second kappa shape index (κ2) is 9.36. The first-order chi connectivity index (χ1) is 15.0. The van der Waals surface area contributed by atoms with Gasteiger partial charge < -0.3 is 15.5 Å². The van der Waals surface area contributed by atoms with Gasteiger partial charge in [-0.15, -0.1) is 0 Å². The van der Waals surface area contributed by atoms with E-state index in [2.05, 4.69) is 34.6 Å². The minimum absolute atomic E-state index is 0.0555. The predicted molar refractivity (Wildman–Crippen MR) is 118 cm³/mol. The first kappa shape index (κ1) is 21.8. The van der Waals surface area contributed by atoms with Gasteiger partial charge in [0.15, 0.2) is 0 Å². The number of nitrogens with zero attached hydrogens (tertiary/aromatic N) is 4. The van der Waals surface area contributed by atoms with Crippen LogP contribution < -0.4 is 10.6 Å². The lowest BCUT2D eigenvalue weighted by Gasteiger charge is -2.30. The van der Waals surface area contributed by atoms with Gasteiger partial charge in [0.1, 0.15) is 18.7 Å². The van der Waals surface area contributed by atoms with Gasteiger partial charge in [0.2, 0.25) is 11.8 Å². The lowest BCUT2D eigenvalue weighted by molar-refractivity contribution is -0.140. The number of carbonyl (C=O) groups is 2. The highest BCUT2D eigenvalue weighted by Crippen LogP contribution is 2.28. The summed E-state index contributed by atoms with van der Waals surface area (Å²) < 4.78 is 1.64. The smallest absolute Gasteiger partial charge is 0.243 e. The number of nitrogens with one attached hydrogen (secondary N) is 2. The first-order valence-electron chi connectivity index (χ1n) is 10.9. The SMILES string of the molecule is CC(C)C1CCN[C@@H]1C(=O)N1CCC[C@H]1C(=O)NCc1cc(Cl)ccc1-n1cncn1. The number of hydrogen-bond donors (Lipinski definition) is 2. The van der Waals surface area contributed by atoms with Crippen molar-refractivity contribution in [3.8, 4) is 5.69 Å². The zero-order valence-corrected chi connectivity index (χ0v) is 18.7. The summed E-state index contributed by atoms with van der Waals surface area (Å²) in [7, 11) is 0. The van der Waals surface area contributed by atoms with Crippen LogP contribution in [0.3, 0.4) is 0 Å². The van der Waals surface area contributed by atoms with E-state index in [0.29, 0.717) is 36.4 Å². The molecule has 1 aromatic carbocycles. The van der Waals surface area contributed by atoms with E-state index in [1.165, 1.54) is 6.33 Å². The molecule has 9 heteroatoms. The molecule has 8 nitrogen and oxygen atoms in total. The number of carbonyl (C=O) groups excluding carboxylic acids is 2. The fraction of sp³-hybridized carbons (Fsp3) is 0.545. The maximum Gasteiger partial charge on any atom is 0.243 e. The average molecular weight is 445 g/mol. The molecule has 2 aliphatic heterocycles. The summed E-state index contributed by atoms with van der Waals surface area (Å²) in [5, 5.41) is 11.1. The lowest BCUT2D eigenvalue weighted by Crippen LogP contribution is -2.52. The van der Waals surface area contributed by atoms with Crippen molar-refractivity contribution < 1.29 is 9.59 Å². The summed E-state index contributed by atoms with van der Waals surface area (Å²) in [6.07, 6.45) is 5.58. The van der Waals surface area contributed by atoms with Gasteiger partial charge in [-0.25, -0.2) is 9.67 Å². The van der Waals surface area contributed by atoms with E-state index in [4.69, 9.17) is 11.6 Å². The summed E-state index contributed by atoms with van der Waals surface area (Å²) in [6.45, 7) is 6.09. The molecule has 2 amide bonds. The molecule has 3 atom stereocenters. The Labute approximate surface area is 187 Å². The van der Waals surface area contributed by atoms with Crippen LogP contribution in [0.15, 0.2) is 30.9 Å². The maximum atomic E-state index is 13.3. The fourth-order valence-electron chi connectivity index (χ4n) is 4.75. The van der Waals surface area contributed by atoms with Crippen LogP contribution in [-0.4, -0.2) is 56.7 Å². The normalized spacial score (nSPS) is 23.5. The molecule has 4 rings (SSSR count). The van der Waals surface area contributed by atoms with Crippen molar-refractivity contribution >= 4 is 23.4 Å². The van der Waals surface area contributed by atoms with E-state index in [0.717, 1.165) is 30.6 Å². The average Bonchev–Trinajstić information content (AvgIpc) is 3.52. The van der Waals surface area contributed by atoms with Gasteiger partial charge in [-0.3, -0.25) is 9.59 Å². The number of aromatic nitrogens is 3. The molecule has 0 aliphatic carbocycles. The van der Waals surface area contributed by atoms with Crippen molar-refractivity contribution in [2.24, 2.45) is 11.8 Å². The Balaban J connectivity index is 1.44. The second-order valence-corrected chi connectivity index (χ2v) is 9.09. The molecule has 2 aliphatic rings. The summed E-state index contributed by atoms with van der Waals surface area (Å²) in [5.74, 6) is 0.666. The molecule has 1 unspecified atom stereocenters. The van der Waals surface area contributed by atoms with Crippen molar-refractivity contribution in [1.29, 1.82) is 0 Å². The van der Waals surface area contributed by atoms with Gasteiger partial charge >= 0.3 is 0 Å². The Bertz CT molecular complexity index is 932. The molecule has 166 valence electrons. The van der Waals surface area contributed by atoms with Crippen LogP contribution >= 0.6 is 11.6 Å². The molecule has 2 fully saturated rings. The molecular formula is C22H29ClN6O2. The quantitative estimate of drug-likeness (QED) is 0.712. The van der Waals surface area contributed by atoms with E-state index in [-0.39, 0.29) is 17.9 Å². The summed E-state index contributed by atoms with van der Waals surface area (Å²) in [4.78, 5) is 32.1. The zero-order valence-electron chi connectivity index (χ0n) is 17.9. The second-order valence-electron chi connectivity index (χ2n) is 8.65. The number of likely N-dealkylation sites (tertiary alicyclic amines) is 1. The minimum atomic E-state index is -0.434. The van der Waals surface area contributed by atoms with E-state index in [1.54, 1.807) is 22.0 Å². The van der Waals surface area contributed by atoms with Crippen LogP contribution in [-0.2, 0) is 16.1 Å². The van der Waals surface area contributed by atoms with E-state index in [1.807, 2.05) is 12.1 Å². The van der Waals surface area contributed by atoms with Crippen molar-refractivity contribution in [2.45, 2.75) is 51.7 Å². The summed E-state index contributed by atoms with van der Waals surface area (Å²) in [5.41, 5.74) is 1.64. The van der Waals surface area contributed by atoms with Gasteiger partial charge in [-0.1, -0.05) is 25.4 Å². The maximum absolute atomic E-state index is 13.3. The number of benzene rings is 1. The van der Waals surface area contributed by atoms with Crippen LogP contribution in [0, 0.1) is 11.8 Å². The van der Waals surface area contributed by atoms with Gasteiger partial charge in [0.05, 0.1) is 11.7 Å². The third-order valence-electron chi connectivity index (χ3n) is 6.39. The predicted octanol–water partition coefficient (Wildman–Crippen LogP) is 2.16. The highest BCUT2D eigenvalue weighted by molar-refractivity contribution is 6.30. The van der Waals surface area contributed by atoms with Crippen molar-refractivity contribution in [3.63, 3.8) is 0 Å². The zero-order chi connectivity index (χ0) is 22.0. The number of hydrogen-bond acceptors (Lipinski definition) is 5. The molecule has 3 heterocycles. The minimum Gasteiger partial charge on any atom is -0.350 e. The highest BCUT2D eigenvalue weighted by Gasteiger charge is 2.42. The van der Waals surface area contributed by atoms with Crippen molar-refractivity contribution in [1.82, 2.24) is 30.3 Å². The summed E-state index contributed by atoms with van der Waals surface area (Å²) >= 11 is 6.18. The van der Waals surface area contributed by atoms with Gasteiger partial charge in [-0.2, -0.15) is 5.10 Å². The van der Waals surface area contributed by atoms with Crippen LogP contribution in [0.2, 0.25) is 5.02 Å². The molecule has 2 aromatic rings. The largest absolute Gasteiger partial charge is 0.350 e. The third-order valence-corrected chi connectivity index (χ3v) is 6.63. The van der Waals surface area contributed by atoms with Crippen molar-refractivity contribution in [3.05, 3.63) is 41.4 Å². The van der Waals surface area contributed by atoms with E-state index >= 15 is 0 Å². The van der Waals surface area contributed by atoms with Crippen LogP contribution in [0.1, 0.15) is 38.7 Å². The van der Waals surface area contributed by atoms with E-state index < -0.39 is 6.04 Å². The van der Waals surface area contributed by atoms with Crippen molar-refractivity contribution in [2.75, 3.05) is 13.1 Å². The standard InChI is InChI=1S/C22H29ClN6O2/c1-14(2)17-7-8-25-20(17)22(31)28-9-3-4-19(28)21(30)26-11-15-10-16(23)5-6-18(15)29-13-24-12-27-29/h5-6,10,12-14,17,19-20,25H,3-4,7-9,11H2,1-2H3,(H,26,30)/t17?,19-,20-/m0/s1. The van der Waals surface area contributed by atoms with Gasteiger partial charge in [-0.05, 0) is 61.4 Å². The Kier molecular flexibility index (Phi) is 6.57. The van der Waals surface area contributed by atoms with Crippen LogP contribution in [0.4, 0.5) is 0 Å². The Morgan fingerprint density at radius 2 is 2.16 bits per heavy atom. The Morgan fingerprint density at radius 1 is 1.32 bits per heavy atom. The molecule has 0 bridgehead atoms. The van der Waals surface area contributed by atoms with Crippen LogP contribution in [0.25, 0.3) is 5.69 Å². The van der Waals surface area contributed by atoms with Gasteiger partial charge in [0.25, 0.3) is 0 Å². The molecule has 0 spiro atoms. The first-order valence-corrected chi connectivity index (χ1v) is 11.3. The molecule has 1 aromatic heterocycles. The number of rotatable bonds is 6. The molecule has 0 saturated carbocycles. The molecule has 0 radical (unpaired) electrons. The third kappa shape index (κ3) is 4.60. The molecule has 2 N–H and O–H groups in total. The Hall–Kier alpha value is -2.45. The van der Waals surface area contributed by atoms with E-state index in [9.17, 15) is 9.59 Å². The fourth-order valence-corrected chi connectivity index (χ4v) is 4.94. The van der Waals surface area contributed by atoms with Gasteiger partial charge in [0, 0.05) is 18.1 Å². The topological polar surface area (TPSA) is 92.2 Å². The molecule has 2 saturated heterocycles. The monoisotopic (exact) mass is 444 g/mol. The van der Waals surface area contributed by atoms with Crippen LogP contribution in [0.5, 0.6) is 0 Å². The summed E-state index contributed by atoms with van der Waals surface area (Å²) in [6, 6.07) is 4.81. The number of amides is 2. The Morgan fingerprint density at radius 3 is 2.90 bits per heavy atom. The highest BCUT2D eigenvalue weighted by atomic mass is 35.5. The molecular weight excluding hydrogens is 416 g/mol. The molecule has 31 heavy (non-hydrogen) atoms.